The van der Waals surface area contributed by atoms with Gasteiger partial charge < -0.3 is 5.32 Å². The molecule has 1 amide bonds. The van der Waals surface area contributed by atoms with E-state index in [9.17, 15) is 23.3 Å². The topological polar surface area (TPSA) is 118 Å². The first kappa shape index (κ1) is 20.3. The number of hydrogen-bond donors (Lipinski definition) is 2. The quantitative estimate of drug-likeness (QED) is 0.409. The summed E-state index contributed by atoms with van der Waals surface area (Å²) in [4.78, 5) is 22.3. The molecule has 0 aliphatic heterocycles. The van der Waals surface area contributed by atoms with Gasteiger partial charge in [-0.1, -0.05) is 19.1 Å². The van der Waals surface area contributed by atoms with Crippen molar-refractivity contribution in [1.82, 2.24) is 4.72 Å². The van der Waals surface area contributed by atoms with Gasteiger partial charge in [-0.2, -0.15) is 0 Å². The SMILES string of the molecule is CCCNS(=O)(=O)c1ccc(NC(=O)/C=C/c2cccc([N+](=O)[O-])c2)cc1. The van der Waals surface area contributed by atoms with Crippen molar-refractivity contribution < 1.29 is 18.1 Å². The minimum Gasteiger partial charge on any atom is -0.323 e. The molecule has 2 aromatic rings. The normalized spacial score (nSPS) is 11.4. The predicted octanol–water partition coefficient (Wildman–Crippen LogP) is 2.94. The van der Waals surface area contributed by atoms with Crippen LogP contribution < -0.4 is 10.0 Å². The molecule has 0 bridgehead atoms. The number of anilines is 1. The number of nitro benzene ring substituents is 1. The first-order valence-electron chi connectivity index (χ1n) is 8.15. The van der Waals surface area contributed by atoms with Gasteiger partial charge in [-0.15, -0.1) is 0 Å². The molecule has 0 spiro atoms. The van der Waals surface area contributed by atoms with E-state index < -0.39 is 20.9 Å². The van der Waals surface area contributed by atoms with Crippen LogP contribution in [0.15, 0.2) is 59.5 Å². The Kier molecular flexibility index (Phi) is 6.80. The molecule has 0 atom stereocenters. The summed E-state index contributed by atoms with van der Waals surface area (Å²) in [5.74, 6) is -0.443. The summed E-state index contributed by atoms with van der Waals surface area (Å²) in [7, 11) is -3.56. The van der Waals surface area contributed by atoms with Gasteiger partial charge in [0, 0.05) is 30.4 Å². The third kappa shape index (κ3) is 6.01. The molecule has 0 aromatic heterocycles. The fourth-order valence-corrected chi connectivity index (χ4v) is 3.27. The van der Waals surface area contributed by atoms with Gasteiger partial charge in [0.1, 0.15) is 0 Å². The smallest absolute Gasteiger partial charge is 0.270 e. The van der Waals surface area contributed by atoms with Crippen LogP contribution in [0, 0.1) is 10.1 Å². The lowest BCUT2D eigenvalue weighted by Gasteiger charge is -2.07. The van der Waals surface area contributed by atoms with E-state index in [1.165, 1.54) is 54.6 Å². The fourth-order valence-electron chi connectivity index (χ4n) is 2.14. The summed E-state index contributed by atoms with van der Waals surface area (Å²) in [6.45, 7) is 2.21. The number of nitrogens with zero attached hydrogens (tertiary/aromatic N) is 1. The number of benzene rings is 2. The highest BCUT2D eigenvalue weighted by atomic mass is 32.2. The Hall–Kier alpha value is -3.04. The van der Waals surface area contributed by atoms with E-state index in [2.05, 4.69) is 10.0 Å². The number of carbonyl (C=O) groups excluding carboxylic acids is 1. The second kappa shape index (κ2) is 9.06. The standard InChI is InChI=1S/C18H19N3O5S/c1-2-12-19-27(25,26)17-9-7-15(8-10-17)20-18(22)11-6-14-4-3-5-16(13-14)21(23)24/h3-11,13,19H,2,12H2,1H3,(H,20,22)/b11-6+. The van der Waals surface area contributed by atoms with Crippen molar-refractivity contribution in [3.63, 3.8) is 0 Å². The Balaban J connectivity index is 2.02. The van der Waals surface area contributed by atoms with Gasteiger partial charge in [-0.05, 0) is 42.3 Å². The summed E-state index contributed by atoms with van der Waals surface area (Å²) < 4.78 is 26.5. The van der Waals surface area contributed by atoms with E-state index in [0.717, 1.165) is 0 Å². The van der Waals surface area contributed by atoms with Crippen molar-refractivity contribution in [3.8, 4) is 0 Å². The van der Waals surface area contributed by atoms with Crippen LogP contribution in [0.1, 0.15) is 18.9 Å². The molecule has 0 radical (unpaired) electrons. The van der Waals surface area contributed by atoms with E-state index in [-0.39, 0.29) is 10.6 Å². The van der Waals surface area contributed by atoms with E-state index >= 15 is 0 Å². The average molecular weight is 389 g/mol. The first-order chi connectivity index (χ1) is 12.8. The van der Waals surface area contributed by atoms with Gasteiger partial charge in [0.05, 0.1) is 9.82 Å². The lowest BCUT2D eigenvalue weighted by Crippen LogP contribution is -2.24. The number of amides is 1. The van der Waals surface area contributed by atoms with Crippen LogP contribution in [0.4, 0.5) is 11.4 Å². The minimum absolute atomic E-state index is 0.0639. The number of non-ortho nitro benzene ring substituents is 1. The number of sulfonamides is 1. The molecule has 0 fully saturated rings. The van der Waals surface area contributed by atoms with Gasteiger partial charge in [0.2, 0.25) is 15.9 Å². The second-order valence-corrected chi connectivity index (χ2v) is 7.36. The van der Waals surface area contributed by atoms with Crippen molar-refractivity contribution in [2.45, 2.75) is 18.2 Å². The predicted molar refractivity (Wildman–Crippen MR) is 103 cm³/mol. The summed E-state index contributed by atoms with van der Waals surface area (Å²) >= 11 is 0. The maximum absolute atomic E-state index is 12.0. The van der Waals surface area contributed by atoms with Crippen LogP contribution in [0.3, 0.4) is 0 Å². The monoisotopic (exact) mass is 389 g/mol. The molecule has 2 aromatic carbocycles. The Morgan fingerprint density at radius 3 is 2.52 bits per heavy atom. The summed E-state index contributed by atoms with van der Waals surface area (Å²) in [6.07, 6.45) is 3.38. The van der Waals surface area contributed by atoms with Crippen molar-refractivity contribution in [3.05, 3.63) is 70.3 Å². The molecule has 0 saturated carbocycles. The summed E-state index contributed by atoms with van der Waals surface area (Å²) in [5.41, 5.74) is 0.881. The molecular weight excluding hydrogens is 370 g/mol. The number of rotatable bonds is 8. The molecule has 0 saturated heterocycles. The van der Waals surface area contributed by atoms with E-state index in [1.54, 1.807) is 6.07 Å². The number of nitrogens with one attached hydrogen (secondary N) is 2. The number of carbonyl (C=O) groups is 1. The highest BCUT2D eigenvalue weighted by Gasteiger charge is 2.12. The zero-order valence-corrected chi connectivity index (χ0v) is 15.4. The average Bonchev–Trinajstić information content (AvgIpc) is 2.65. The summed E-state index contributed by atoms with van der Waals surface area (Å²) in [5, 5.41) is 13.3. The van der Waals surface area contributed by atoms with Gasteiger partial charge in [0.15, 0.2) is 0 Å². The minimum atomic E-state index is -3.56. The van der Waals surface area contributed by atoms with Crippen LogP contribution in [0.2, 0.25) is 0 Å². The molecule has 2 N–H and O–H groups in total. The van der Waals surface area contributed by atoms with Crippen molar-refractivity contribution in [1.29, 1.82) is 0 Å². The molecule has 8 nitrogen and oxygen atoms in total. The van der Waals surface area contributed by atoms with E-state index in [1.807, 2.05) is 6.92 Å². The number of nitro groups is 1. The van der Waals surface area contributed by atoms with Crippen LogP contribution in [0.25, 0.3) is 6.08 Å². The molecule has 27 heavy (non-hydrogen) atoms. The maximum Gasteiger partial charge on any atom is 0.270 e. The fraction of sp³-hybridized carbons (Fsp3) is 0.167. The van der Waals surface area contributed by atoms with E-state index in [0.29, 0.717) is 24.2 Å². The van der Waals surface area contributed by atoms with Crippen LogP contribution in [-0.2, 0) is 14.8 Å². The molecular formula is C18H19N3O5S. The van der Waals surface area contributed by atoms with Crippen LogP contribution >= 0.6 is 0 Å². The highest BCUT2D eigenvalue weighted by Crippen LogP contribution is 2.16. The molecule has 142 valence electrons. The Labute approximate surface area is 157 Å². The zero-order valence-electron chi connectivity index (χ0n) is 14.6. The van der Waals surface area contributed by atoms with Gasteiger partial charge >= 0.3 is 0 Å². The van der Waals surface area contributed by atoms with Crippen LogP contribution in [0.5, 0.6) is 0 Å². The molecule has 2 rings (SSSR count). The van der Waals surface area contributed by atoms with Gasteiger partial charge in [-0.25, -0.2) is 13.1 Å². The number of hydrogen-bond acceptors (Lipinski definition) is 5. The molecule has 9 heteroatoms. The third-order valence-corrected chi connectivity index (χ3v) is 4.96. The molecule has 0 aliphatic rings. The third-order valence-electron chi connectivity index (χ3n) is 3.48. The van der Waals surface area contributed by atoms with Gasteiger partial charge in [0.25, 0.3) is 5.69 Å². The summed E-state index contributed by atoms with van der Waals surface area (Å²) in [6, 6.07) is 11.7. The zero-order chi connectivity index (χ0) is 19.9. The van der Waals surface area contributed by atoms with Crippen molar-refractivity contribution in [2.24, 2.45) is 0 Å². The Morgan fingerprint density at radius 1 is 1.19 bits per heavy atom. The highest BCUT2D eigenvalue weighted by molar-refractivity contribution is 7.89. The Morgan fingerprint density at radius 2 is 1.89 bits per heavy atom. The van der Waals surface area contributed by atoms with Crippen LogP contribution in [-0.4, -0.2) is 25.8 Å². The largest absolute Gasteiger partial charge is 0.323 e. The maximum atomic E-state index is 12.0. The first-order valence-corrected chi connectivity index (χ1v) is 9.63. The van der Waals surface area contributed by atoms with Crippen molar-refractivity contribution >= 4 is 33.4 Å². The Bertz CT molecular complexity index is 953. The lowest BCUT2D eigenvalue weighted by molar-refractivity contribution is -0.384. The van der Waals surface area contributed by atoms with Gasteiger partial charge in [-0.3, -0.25) is 14.9 Å². The second-order valence-electron chi connectivity index (χ2n) is 5.60. The molecule has 0 unspecified atom stereocenters. The molecule has 0 aliphatic carbocycles. The molecule has 0 heterocycles. The lowest BCUT2D eigenvalue weighted by atomic mass is 10.2. The van der Waals surface area contributed by atoms with Crippen molar-refractivity contribution in [2.75, 3.05) is 11.9 Å². The van der Waals surface area contributed by atoms with E-state index in [4.69, 9.17) is 0 Å².